The van der Waals surface area contributed by atoms with Crippen LogP contribution < -0.4 is 5.73 Å². The largest absolute Gasteiger partial charge is 0.393 e. The zero-order valence-corrected chi connectivity index (χ0v) is 8.07. The van der Waals surface area contributed by atoms with Crippen molar-refractivity contribution in [3.05, 3.63) is 0 Å². The molecule has 0 bridgehead atoms. The van der Waals surface area contributed by atoms with E-state index in [-0.39, 0.29) is 24.5 Å². The second-order valence-electron chi connectivity index (χ2n) is 3.69. The Bertz CT molecular complexity index is 182. The number of likely N-dealkylation sites (tertiary alicyclic amines) is 1. The topological polar surface area (TPSA) is 66.6 Å². The predicted octanol–water partition coefficient (Wildman–Crippen LogP) is -0.435. The smallest absolute Gasteiger partial charge is 0.236 e. The highest BCUT2D eigenvalue weighted by atomic mass is 16.3. The molecule has 0 spiro atoms. The Morgan fingerprint density at radius 3 is 3.00 bits per heavy atom. The summed E-state index contributed by atoms with van der Waals surface area (Å²) in [4.78, 5) is 13.0. The molecule has 1 aliphatic heterocycles. The Hall–Kier alpha value is -0.610. The van der Waals surface area contributed by atoms with Crippen LogP contribution >= 0.6 is 0 Å². The first-order chi connectivity index (χ1) is 6.15. The normalized spacial score (nSPS) is 25.8. The van der Waals surface area contributed by atoms with Crippen LogP contribution in [0.1, 0.15) is 19.8 Å². The summed E-state index contributed by atoms with van der Waals surface area (Å²) in [5, 5.41) is 9.38. The maximum Gasteiger partial charge on any atom is 0.236 e. The van der Waals surface area contributed by atoms with Crippen molar-refractivity contribution in [3.8, 4) is 0 Å². The van der Waals surface area contributed by atoms with Gasteiger partial charge in [0.05, 0.1) is 12.6 Å². The summed E-state index contributed by atoms with van der Waals surface area (Å²) < 4.78 is 0. The predicted molar refractivity (Wildman–Crippen MR) is 50.0 cm³/mol. The molecule has 4 heteroatoms. The maximum absolute atomic E-state index is 11.3. The highest BCUT2D eigenvalue weighted by Crippen LogP contribution is 2.19. The van der Waals surface area contributed by atoms with Gasteiger partial charge in [-0.15, -0.1) is 0 Å². The van der Waals surface area contributed by atoms with E-state index in [4.69, 9.17) is 5.73 Å². The van der Waals surface area contributed by atoms with Crippen molar-refractivity contribution in [3.63, 3.8) is 0 Å². The lowest BCUT2D eigenvalue weighted by molar-refractivity contribution is -0.132. The monoisotopic (exact) mass is 186 g/mol. The molecule has 13 heavy (non-hydrogen) atoms. The standard InChI is InChI=1S/C9H18N2O2/c1-7(12)8-3-2-4-11(6-8)9(13)5-10/h7-8,12H,2-6,10H2,1H3/t7-,8-/m0/s1. The third-order valence-corrected chi connectivity index (χ3v) is 2.67. The first-order valence-corrected chi connectivity index (χ1v) is 4.81. The molecular weight excluding hydrogens is 168 g/mol. The van der Waals surface area contributed by atoms with Crippen LogP contribution in [0.4, 0.5) is 0 Å². The fourth-order valence-electron chi connectivity index (χ4n) is 1.76. The molecule has 1 rings (SSSR count). The van der Waals surface area contributed by atoms with E-state index >= 15 is 0 Å². The van der Waals surface area contributed by atoms with E-state index in [1.165, 1.54) is 0 Å². The number of hydrogen-bond acceptors (Lipinski definition) is 3. The van der Waals surface area contributed by atoms with E-state index in [1.807, 2.05) is 0 Å². The molecule has 0 unspecified atom stereocenters. The summed E-state index contributed by atoms with van der Waals surface area (Å²) in [6, 6.07) is 0. The minimum atomic E-state index is -0.326. The van der Waals surface area contributed by atoms with Gasteiger partial charge in [0.2, 0.25) is 5.91 Å². The molecule has 0 aromatic rings. The van der Waals surface area contributed by atoms with Gasteiger partial charge in [0.15, 0.2) is 0 Å². The van der Waals surface area contributed by atoms with Gasteiger partial charge in [0.25, 0.3) is 0 Å². The van der Waals surface area contributed by atoms with Gasteiger partial charge >= 0.3 is 0 Å². The molecule has 4 nitrogen and oxygen atoms in total. The number of piperidine rings is 1. The van der Waals surface area contributed by atoms with Gasteiger partial charge in [-0.2, -0.15) is 0 Å². The minimum absolute atomic E-state index is 0.00894. The van der Waals surface area contributed by atoms with Crippen LogP contribution in [0.3, 0.4) is 0 Å². The number of aliphatic hydroxyl groups is 1. The van der Waals surface area contributed by atoms with Crippen molar-refractivity contribution < 1.29 is 9.90 Å². The molecule has 1 amide bonds. The second-order valence-corrected chi connectivity index (χ2v) is 3.69. The number of carbonyl (C=O) groups excluding carboxylic acids is 1. The number of hydrogen-bond donors (Lipinski definition) is 2. The first-order valence-electron chi connectivity index (χ1n) is 4.81. The van der Waals surface area contributed by atoms with Crippen LogP contribution in [-0.4, -0.2) is 41.7 Å². The van der Waals surface area contributed by atoms with E-state index in [0.29, 0.717) is 6.54 Å². The Balaban J connectivity index is 2.46. The SMILES string of the molecule is C[C@H](O)[C@H]1CCCN(C(=O)CN)C1. The second kappa shape index (κ2) is 4.58. The van der Waals surface area contributed by atoms with Gasteiger partial charge in [0.1, 0.15) is 0 Å². The molecule has 0 radical (unpaired) electrons. The summed E-state index contributed by atoms with van der Waals surface area (Å²) in [5.41, 5.74) is 5.27. The van der Waals surface area contributed by atoms with Crippen molar-refractivity contribution in [1.29, 1.82) is 0 Å². The number of nitrogens with two attached hydrogens (primary N) is 1. The summed E-state index contributed by atoms with van der Waals surface area (Å²) >= 11 is 0. The van der Waals surface area contributed by atoms with E-state index in [2.05, 4.69) is 0 Å². The molecule has 0 saturated carbocycles. The van der Waals surface area contributed by atoms with Crippen LogP contribution in [0, 0.1) is 5.92 Å². The van der Waals surface area contributed by atoms with Crippen molar-refractivity contribution >= 4 is 5.91 Å². The maximum atomic E-state index is 11.3. The Labute approximate surface area is 78.7 Å². The summed E-state index contributed by atoms with van der Waals surface area (Å²) in [5.74, 6) is 0.217. The first kappa shape index (κ1) is 10.5. The molecule has 1 fully saturated rings. The number of amides is 1. The molecular formula is C9H18N2O2. The van der Waals surface area contributed by atoms with Gasteiger partial charge in [-0.25, -0.2) is 0 Å². The molecule has 1 aliphatic rings. The lowest BCUT2D eigenvalue weighted by Gasteiger charge is -2.33. The fourth-order valence-corrected chi connectivity index (χ4v) is 1.76. The molecule has 3 N–H and O–H groups in total. The van der Waals surface area contributed by atoms with Gasteiger partial charge in [0, 0.05) is 19.0 Å². The Morgan fingerprint density at radius 1 is 1.77 bits per heavy atom. The molecule has 1 saturated heterocycles. The average molecular weight is 186 g/mol. The molecule has 0 aliphatic carbocycles. The van der Waals surface area contributed by atoms with Crippen LogP contribution in [0.15, 0.2) is 0 Å². The Kier molecular flexibility index (Phi) is 3.69. The lowest BCUT2D eigenvalue weighted by atomic mass is 9.93. The summed E-state index contributed by atoms with van der Waals surface area (Å²) in [7, 11) is 0. The van der Waals surface area contributed by atoms with Crippen molar-refractivity contribution in [2.24, 2.45) is 11.7 Å². The van der Waals surface area contributed by atoms with Crippen LogP contribution in [0.5, 0.6) is 0 Å². The van der Waals surface area contributed by atoms with Gasteiger partial charge < -0.3 is 15.7 Å². The van der Waals surface area contributed by atoms with Crippen molar-refractivity contribution in [2.75, 3.05) is 19.6 Å². The number of nitrogens with zero attached hydrogens (tertiary/aromatic N) is 1. The van der Waals surface area contributed by atoms with Gasteiger partial charge in [-0.05, 0) is 19.8 Å². The highest BCUT2D eigenvalue weighted by Gasteiger charge is 2.25. The van der Waals surface area contributed by atoms with E-state index in [0.717, 1.165) is 19.4 Å². The third kappa shape index (κ3) is 2.67. The minimum Gasteiger partial charge on any atom is -0.393 e. The number of rotatable bonds is 2. The third-order valence-electron chi connectivity index (χ3n) is 2.67. The lowest BCUT2D eigenvalue weighted by Crippen LogP contribution is -2.45. The number of aliphatic hydroxyl groups excluding tert-OH is 1. The number of carbonyl (C=O) groups is 1. The van der Waals surface area contributed by atoms with Crippen molar-refractivity contribution in [2.45, 2.75) is 25.9 Å². The van der Waals surface area contributed by atoms with Gasteiger partial charge in [-0.3, -0.25) is 4.79 Å². The van der Waals surface area contributed by atoms with Crippen molar-refractivity contribution in [1.82, 2.24) is 4.90 Å². The van der Waals surface area contributed by atoms with Crippen LogP contribution in [-0.2, 0) is 4.79 Å². The summed E-state index contributed by atoms with van der Waals surface area (Å²) in [6.07, 6.45) is 1.65. The molecule has 2 atom stereocenters. The van der Waals surface area contributed by atoms with E-state index < -0.39 is 0 Å². The van der Waals surface area contributed by atoms with E-state index in [9.17, 15) is 9.90 Å². The van der Waals surface area contributed by atoms with E-state index in [1.54, 1.807) is 11.8 Å². The highest BCUT2D eigenvalue weighted by molar-refractivity contribution is 5.78. The zero-order valence-electron chi connectivity index (χ0n) is 8.07. The zero-order chi connectivity index (χ0) is 9.84. The molecule has 76 valence electrons. The fraction of sp³-hybridized carbons (Fsp3) is 0.889. The molecule has 1 heterocycles. The van der Waals surface area contributed by atoms with Crippen LogP contribution in [0.25, 0.3) is 0 Å². The quantitative estimate of drug-likeness (QED) is 0.614. The molecule has 0 aromatic heterocycles. The summed E-state index contributed by atoms with van der Waals surface area (Å²) in [6.45, 7) is 3.31. The van der Waals surface area contributed by atoms with Gasteiger partial charge in [-0.1, -0.05) is 0 Å². The molecule has 0 aromatic carbocycles. The average Bonchev–Trinajstić information content (AvgIpc) is 2.17. The Morgan fingerprint density at radius 2 is 2.46 bits per heavy atom. The van der Waals surface area contributed by atoms with Crippen LogP contribution in [0.2, 0.25) is 0 Å².